The molecule has 0 fully saturated rings. The molecule has 0 aromatic carbocycles. The summed E-state index contributed by atoms with van der Waals surface area (Å²) in [7, 11) is 6.35. The fraction of sp³-hybridized carbons (Fsp3) is 0. The van der Waals surface area contributed by atoms with Crippen LogP contribution in [0.25, 0.3) is 0 Å². The zero-order valence-corrected chi connectivity index (χ0v) is 8.71. The summed E-state index contributed by atoms with van der Waals surface area (Å²) in [6, 6.07) is 0. The Balaban J connectivity index is 4.68. The topological polar surface area (TPSA) is 0 Å². The first-order valence-corrected chi connectivity index (χ1v) is 9.17. The van der Waals surface area contributed by atoms with Crippen molar-refractivity contribution in [1.82, 2.24) is 0 Å². The normalized spacial score (nSPS) is 6.33. The summed E-state index contributed by atoms with van der Waals surface area (Å²) < 4.78 is 0. The molecule has 0 aromatic heterocycles. The van der Waals surface area contributed by atoms with E-state index in [1.807, 2.05) is 0 Å². The molecule has 0 unspecified atom stereocenters. The van der Waals surface area contributed by atoms with Crippen molar-refractivity contribution in [3.8, 4) is 0 Å². The van der Waals surface area contributed by atoms with Crippen molar-refractivity contribution in [1.29, 1.82) is 0 Å². The van der Waals surface area contributed by atoms with Gasteiger partial charge in [-0.05, 0) is 0 Å². The van der Waals surface area contributed by atoms with Crippen LogP contribution in [0.3, 0.4) is 0 Å². The third kappa shape index (κ3) is 5.79. The predicted molar refractivity (Wildman–Crippen MR) is 36.8 cm³/mol. The molecule has 0 saturated heterocycles. The van der Waals surface area contributed by atoms with E-state index in [0.29, 0.717) is 0 Å². The van der Waals surface area contributed by atoms with Gasteiger partial charge in [0.15, 0.2) is 0 Å². The van der Waals surface area contributed by atoms with Gasteiger partial charge in [0.05, 0.1) is 0 Å². The quantitative estimate of drug-likeness (QED) is 0.589. The van der Waals surface area contributed by atoms with E-state index < -0.39 is 0 Å². The molecule has 0 aromatic rings. The summed E-state index contributed by atoms with van der Waals surface area (Å²) in [4.78, 5) is 0. The van der Waals surface area contributed by atoms with E-state index in [0.717, 1.165) is 0 Å². The summed E-state index contributed by atoms with van der Waals surface area (Å²) in [5.74, 6) is 0. The van der Waals surface area contributed by atoms with Crippen LogP contribution in [0.4, 0.5) is 0 Å². The van der Waals surface area contributed by atoms with Crippen molar-refractivity contribution in [3.63, 3.8) is 0 Å². The molecule has 0 bridgehead atoms. The Morgan fingerprint density at radius 3 is 2.17 bits per heavy atom. The molecule has 0 spiro atoms. The average molecular weight is 355 g/mol. The Morgan fingerprint density at radius 2 is 2.00 bits per heavy atom. The molecule has 40 valence electrons. The van der Waals surface area contributed by atoms with Gasteiger partial charge in [-0.3, -0.25) is 0 Å². The molecule has 0 aliphatic rings. The van der Waals surface area contributed by atoms with Crippen molar-refractivity contribution in [2.45, 2.75) is 0 Å². The van der Waals surface area contributed by atoms with Gasteiger partial charge in [0.25, 0.3) is 0 Å². The van der Waals surface area contributed by atoms with Crippen molar-refractivity contribution in [2.75, 3.05) is 0 Å². The van der Waals surface area contributed by atoms with Crippen molar-refractivity contribution < 1.29 is 18.0 Å². The number of hydrogen-bond donors (Lipinski definition) is 0. The first kappa shape index (κ1) is 7.79. The molecule has 0 nitrogen and oxygen atoms in total. The molecule has 0 aliphatic heterocycles. The first-order chi connectivity index (χ1) is 2.91. The second-order valence-corrected chi connectivity index (χ2v) is 9.39. The first-order valence-electron chi connectivity index (χ1n) is 0.796. The van der Waals surface area contributed by atoms with E-state index >= 15 is 0 Å². The van der Waals surface area contributed by atoms with Gasteiger partial charge in [-0.25, -0.2) is 0 Å². The molecule has 0 N–H and O–H groups in total. The van der Waals surface area contributed by atoms with Gasteiger partial charge in [-0.1, -0.05) is 0 Å². The molecular weight excluding hydrogens is 355 g/mol. The van der Waals surface area contributed by atoms with Crippen LogP contribution < -0.4 is 0 Å². The summed E-state index contributed by atoms with van der Waals surface area (Å²) in [5.41, 5.74) is 0. The minimum atomic E-state index is 1.36. The van der Waals surface area contributed by atoms with Crippen LogP contribution in [0.5, 0.6) is 0 Å². The van der Waals surface area contributed by atoms with E-state index in [4.69, 9.17) is 0 Å². The molecule has 0 rings (SSSR count). The number of hydrogen-bond acceptors (Lipinski definition) is 1. The van der Waals surface area contributed by atoms with Gasteiger partial charge in [0.1, 0.15) is 0 Å². The third-order valence-electron chi connectivity index (χ3n) is 0.0771. The molecule has 0 atom stereocenters. The Morgan fingerprint density at radius 1 is 1.33 bits per heavy atom. The second kappa shape index (κ2) is 6.79. The van der Waals surface area contributed by atoms with Crippen molar-refractivity contribution in [2.24, 2.45) is 0 Å². The fourth-order valence-electron chi connectivity index (χ4n) is 0.0201. The van der Waals surface area contributed by atoms with E-state index in [-0.39, 0.29) is 0 Å². The van der Waals surface area contributed by atoms with E-state index in [1.165, 1.54) is 8.88 Å². The Kier molecular flexibility index (Phi) is 8.81. The monoisotopic (exact) mass is 355 g/mol. The zero-order chi connectivity index (χ0) is 4.83. The molecule has 0 saturated carbocycles. The molecule has 0 amide bonds. The van der Waals surface area contributed by atoms with Crippen molar-refractivity contribution >= 4 is 45.3 Å². The number of rotatable bonds is 0. The maximum absolute atomic E-state index is 4.56. The summed E-state index contributed by atoms with van der Waals surface area (Å²) in [6.45, 7) is 0. The Bertz CT molecular complexity index is 136. The van der Waals surface area contributed by atoms with Crippen LogP contribution in [-0.2, 0) is 63.3 Å². The molecule has 0 radical (unpaired) electrons. The minimum absolute atomic E-state index is 1.36. The summed E-state index contributed by atoms with van der Waals surface area (Å²) in [6.07, 6.45) is 0. The van der Waals surface area contributed by atoms with Crippen LogP contribution in [-0.4, -0.2) is 0 Å². The molecule has 6 heteroatoms. The van der Waals surface area contributed by atoms with Crippen LogP contribution in [0.2, 0.25) is 0 Å². The molecular formula is PtS5. The Hall–Kier alpha value is 1.79. The Labute approximate surface area is 62.5 Å². The van der Waals surface area contributed by atoms with Crippen LogP contribution >= 0.6 is 0 Å². The SMILES string of the molecule is S=S=S=S=[S]=[Pt]. The third-order valence-corrected chi connectivity index (χ3v) is 9.26. The predicted octanol–water partition coefficient (Wildman–Crippen LogP) is -0.0145. The maximum atomic E-state index is 4.56. The van der Waals surface area contributed by atoms with Gasteiger partial charge in [-0.15, -0.1) is 0 Å². The van der Waals surface area contributed by atoms with Crippen molar-refractivity contribution in [3.05, 3.63) is 0 Å². The fourth-order valence-corrected chi connectivity index (χ4v) is 8.58. The van der Waals surface area contributed by atoms with Gasteiger partial charge in [-0.2, -0.15) is 0 Å². The summed E-state index contributed by atoms with van der Waals surface area (Å²) >= 11 is 6.76. The van der Waals surface area contributed by atoms with E-state index in [2.05, 4.69) is 29.2 Å². The zero-order valence-electron chi connectivity index (χ0n) is 2.36. The molecule has 6 heavy (non-hydrogen) atoms. The molecule has 0 aliphatic carbocycles. The molecule has 0 heterocycles. The van der Waals surface area contributed by atoms with Crippen LogP contribution in [0.1, 0.15) is 0 Å². The average Bonchev–Trinajstić information content (AvgIpc) is 1.61. The van der Waals surface area contributed by atoms with E-state index in [1.54, 1.807) is 25.3 Å². The van der Waals surface area contributed by atoms with Gasteiger partial charge < -0.3 is 0 Å². The standard InChI is InChI=1S/Pt.S5/c;1-3-5-4-2. The van der Waals surface area contributed by atoms with Gasteiger partial charge >= 0.3 is 63.3 Å². The van der Waals surface area contributed by atoms with E-state index in [9.17, 15) is 0 Å². The van der Waals surface area contributed by atoms with Crippen LogP contribution in [0.15, 0.2) is 0 Å². The van der Waals surface area contributed by atoms with Gasteiger partial charge in [0, 0.05) is 0 Å². The second-order valence-electron chi connectivity index (χ2n) is 0.257. The summed E-state index contributed by atoms with van der Waals surface area (Å²) in [5, 5.41) is 0. The van der Waals surface area contributed by atoms with Crippen LogP contribution in [0, 0.1) is 0 Å². The van der Waals surface area contributed by atoms with Gasteiger partial charge in [0.2, 0.25) is 0 Å².